The molecule has 0 saturated heterocycles. The summed E-state index contributed by atoms with van der Waals surface area (Å²) in [6.07, 6.45) is 5.14. The van der Waals surface area contributed by atoms with Crippen molar-refractivity contribution in [3.8, 4) is 0 Å². The first-order chi connectivity index (χ1) is 9.63. The van der Waals surface area contributed by atoms with E-state index in [1.807, 2.05) is 19.1 Å². The molecule has 1 heterocycles. The second-order valence-corrected chi connectivity index (χ2v) is 4.57. The summed E-state index contributed by atoms with van der Waals surface area (Å²) < 4.78 is 0. The van der Waals surface area contributed by atoms with Crippen molar-refractivity contribution in [2.24, 2.45) is 5.73 Å². The number of nitrogens with one attached hydrogen (secondary N) is 2. The van der Waals surface area contributed by atoms with Crippen LogP contribution in [0.1, 0.15) is 31.7 Å². The molecule has 0 aliphatic carbocycles. The summed E-state index contributed by atoms with van der Waals surface area (Å²) in [5.74, 6) is -0.315. The molecule has 0 saturated carbocycles. The third-order valence-corrected chi connectivity index (χ3v) is 2.80. The van der Waals surface area contributed by atoms with Crippen LogP contribution in [0.3, 0.4) is 0 Å². The Hall–Kier alpha value is -1.95. The normalized spacial score (nSPS) is 11.7. The highest BCUT2D eigenvalue weighted by atomic mass is 16.2. The number of hydrogen-bond acceptors (Lipinski definition) is 4. The van der Waals surface area contributed by atoms with E-state index in [-0.39, 0.29) is 18.2 Å². The van der Waals surface area contributed by atoms with Crippen molar-refractivity contribution in [2.75, 3.05) is 6.54 Å². The molecule has 0 fully saturated rings. The van der Waals surface area contributed by atoms with Gasteiger partial charge in [0.2, 0.25) is 11.8 Å². The average molecular weight is 278 g/mol. The maximum absolute atomic E-state index is 11.6. The monoisotopic (exact) mass is 278 g/mol. The van der Waals surface area contributed by atoms with E-state index < -0.39 is 6.04 Å². The molecule has 0 aromatic carbocycles. The van der Waals surface area contributed by atoms with E-state index in [4.69, 9.17) is 5.73 Å². The molecule has 0 bridgehead atoms. The Bertz CT molecular complexity index is 422. The largest absolute Gasteiger partial charge is 0.354 e. The van der Waals surface area contributed by atoms with Gasteiger partial charge in [-0.3, -0.25) is 14.6 Å². The van der Waals surface area contributed by atoms with E-state index >= 15 is 0 Å². The molecule has 1 aromatic heterocycles. The summed E-state index contributed by atoms with van der Waals surface area (Å²) in [5.41, 5.74) is 6.60. The van der Waals surface area contributed by atoms with Gasteiger partial charge in [0.25, 0.3) is 0 Å². The maximum Gasteiger partial charge on any atom is 0.236 e. The van der Waals surface area contributed by atoms with Gasteiger partial charge in [-0.05, 0) is 18.1 Å². The maximum atomic E-state index is 11.6. The summed E-state index contributed by atoms with van der Waals surface area (Å²) in [4.78, 5) is 27.1. The number of carbonyl (C=O) groups is 2. The Morgan fingerprint density at radius 2 is 2.20 bits per heavy atom. The van der Waals surface area contributed by atoms with Crippen molar-refractivity contribution in [1.82, 2.24) is 15.6 Å². The summed E-state index contributed by atoms with van der Waals surface area (Å²) in [6, 6.07) is 3.22. The Morgan fingerprint density at radius 1 is 1.40 bits per heavy atom. The third-order valence-electron chi connectivity index (χ3n) is 2.80. The molecule has 0 aliphatic heterocycles. The Balaban J connectivity index is 2.16. The number of hydrogen-bond donors (Lipinski definition) is 3. The van der Waals surface area contributed by atoms with E-state index in [0.717, 1.165) is 12.0 Å². The molecular formula is C14H22N4O2. The van der Waals surface area contributed by atoms with Gasteiger partial charge in [0.05, 0.1) is 6.04 Å². The summed E-state index contributed by atoms with van der Waals surface area (Å²) >= 11 is 0. The number of rotatable bonds is 8. The van der Waals surface area contributed by atoms with Crippen molar-refractivity contribution in [3.05, 3.63) is 30.1 Å². The van der Waals surface area contributed by atoms with Gasteiger partial charge in [0, 0.05) is 31.9 Å². The first-order valence-corrected chi connectivity index (χ1v) is 6.82. The Labute approximate surface area is 119 Å². The number of aromatic nitrogens is 1. The fourth-order valence-corrected chi connectivity index (χ4v) is 1.66. The quantitative estimate of drug-likeness (QED) is 0.638. The standard InChI is InChI=1S/C14H22N4O2/c1-2-4-12(15)14(20)17-8-6-13(19)18-10-11-5-3-7-16-9-11/h3,5,7,9,12H,2,4,6,8,10,15H2,1H3,(H,17,20)(H,18,19). The fourth-order valence-electron chi connectivity index (χ4n) is 1.66. The smallest absolute Gasteiger partial charge is 0.236 e. The van der Waals surface area contributed by atoms with Gasteiger partial charge in [-0.25, -0.2) is 0 Å². The average Bonchev–Trinajstić information content (AvgIpc) is 2.46. The first kappa shape index (κ1) is 16.1. The number of pyridine rings is 1. The summed E-state index contributed by atoms with van der Waals surface area (Å²) in [5, 5.41) is 5.42. The second kappa shape index (κ2) is 9.03. The highest BCUT2D eigenvalue weighted by molar-refractivity contribution is 5.82. The van der Waals surface area contributed by atoms with Gasteiger partial charge >= 0.3 is 0 Å². The first-order valence-electron chi connectivity index (χ1n) is 6.82. The SMILES string of the molecule is CCCC(N)C(=O)NCCC(=O)NCc1cccnc1. The number of nitrogens with two attached hydrogens (primary N) is 1. The van der Waals surface area contributed by atoms with Gasteiger partial charge in [-0.2, -0.15) is 0 Å². The molecule has 4 N–H and O–H groups in total. The molecular weight excluding hydrogens is 256 g/mol. The topological polar surface area (TPSA) is 97.1 Å². The molecule has 20 heavy (non-hydrogen) atoms. The van der Waals surface area contributed by atoms with Crippen LogP contribution in [0.5, 0.6) is 0 Å². The van der Waals surface area contributed by atoms with Gasteiger partial charge in [0.15, 0.2) is 0 Å². The van der Waals surface area contributed by atoms with Crippen LogP contribution in [-0.4, -0.2) is 29.4 Å². The van der Waals surface area contributed by atoms with Crippen LogP contribution >= 0.6 is 0 Å². The van der Waals surface area contributed by atoms with Gasteiger partial charge < -0.3 is 16.4 Å². The Kier molecular flexibility index (Phi) is 7.27. The highest BCUT2D eigenvalue weighted by Crippen LogP contribution is 1.95. The van der Waals surface area contributed by atoms with Crippen molar-refractivity contribution in [2.45, 2.75) is 38.8 Å². The van der Waals surface area contributed by atoms with Crippen LogP contribution in [0.25, 0.3) is 0 Å². The molecule has 0 aliphatic rings. The minimum Gasteiger partial charge on any atom is -0.354 e. The number of amides is 2. The number of nitrogens with zero attached hydrogens (tertiary/aromatic N) is 1. The van der Waals surface area contributed by atoms with Crippen LogP contribution in [0.4, 0.5) is 0 Å². The van der Waals surface area contributed by atoms with Gasteiger partial charge in [-0.15, -0.1) is 0 Å². The second-order valence-electron chi connectivity index (χ2n) is 4.57. The molecule has 1 unspecified atom stereocenters. The Morgan fingerprint density at radius 3 is 2.85 bits per heavy atom. The molecule has 6 heteroatoms. The van der Waals surface area contributed by atoms with Crippen LogP contribution in [-0.2, 0) is 16.1 Å². The van der Waals surface area contributed by atoms with Crippen molar-refractivity contribution in [1.29, 1.82) is 0 Å². The lowest BCUT2D eigenvalue weighted by Crippen LogP contribution is -2.41. The van der Waals surface area contributed by atoms with E-state index in [1.54, 1.807) is 12.4 Å². The van der Waals surface area contributed by atoms with Crippen molar-refractivity contribution >= 4 is 11.8 Å². The van der Waals surface area contributed by atoms with Crippen LogP contribution in [0.2, 0.25) is 0 Å². The lowest BCUT2D eigenvalue weighted by Gasteiger charge is -2.11. The predicted molar refractivity (Wildman–Crippen MR) is 76.6 cm³/mol. The van der Waals surface area contributed by atoms with Crippen LogP contribution < -0.4 is 16.4 Å². The lowest BCUT2D eigenvalue weighted by molar-refractivity contribution is -0.123. The lowest BCUT2D eigenvalue weighted by atomic mass is 10.1. The van der Waals surface area contributed by atoms with E-state index in [1.165, 1.54) is 0 Å². The minimum atomic E-state index is -0.488. The zero-order chi connectivity index (χ0) is 14.8. The predicted octanol–water partition coefficient (Wildman–Crippen LogP) is 0.332. The summed E-state index contributed by atoms with van der Waals surface area (Å²) in [7, 11) is 0. The van der Waals surface area contributed by atoms with Crippen molar-refractivity contribution < 1.29 is 9.59 Å². The third kappa shape index (κ3) is 6.29. The summed E-state index contributed by atoms with van der Waals surface area (Å²) in [6.45, 7) is 2.71. The molecule has 1 rings (SSSR count). The van der Waals surface area contributed by atoms with Gasteiger partial charge in [0.1, 0.15) is 0 Å². The van der Waals surface area contributed by atoms with Gasteiger partial charge in [-0.1, -0.05) is 19.4 Å². The molecule has 1 atom stereocenters. The van der Waals surface area contributed by atoms with Crippen LogP contribution in [0.15, 0.2) is 24.5 Å². The highest BCUT2D eigenvalue weighted by Gasteiger charge is 2.11. The van der Waals surface area contributed by atoms with E-state index in [9.17, 15) is 9.59 Å². The minimum absolute atomic E-state index is 0.113. The van der Waals surface area contributed by atoms with Crippen molar-refractivity contribution in [3.63, 3.8) is 0 Å². The molecule has 0 radical (unpaired) electrons. The molecule has 110 valence electrons. The molecule has 0 spiro atoms. The zero-order valence-corrected chi connectivity index (χ0v) is 11.8. The fraction of sp³-hybridized carbons (Fsp3) is 0.500. The van der Waals surface area contributed by atoms with E-state index in [2.05, 4.69) is 15.6 Å². The molecule has 2 amide bonds. The zero-order valence-electron chi connectivity index (χ0n) is 11.8. The van der Waals surface area contributed by atoms with E-state index in [0.29, 0.717) is 19.5 Å². The number of carbonyl (C=O) groups excluding carboxylic acids is 2. The molecule has 6 nitrogen and oxygen atoms in total. The molecule has 1 aromatic rings. The van der Waals surface area contributed by atoms with Crippen LogP contribution in [0, 0.1) is 0 Å².